The van der Waals surface area contributed by atoms with Crippen LogP contribution < -0.4 is 11.3 Å². The van der Waals surface area contributed by atoms with Gasteiger partial charge in [-0.15, -0.1) is 5.10 Å². The first-order valence-corrected chi connectivity index (χ1v) is 5.25. The van der Waals surface area contributed by atoms with Crippen LogP contribution in [-0.2, 0) is 0 Å². The molecule has 0 radical (unpaired) electrons. The molecule has 0 atom stereocenters. The Bertz CT molecular complexity index is 558. The summed E-state index contributed by atoms with van der Waals surface area (Å²) < 4.78 is 1.69. The van der Waals surface area contributed by atoms with Crippen molar-refractivity contribution in [1.82, 2.24) is 24.7 Å². The van der Waals surface area contributed by atoms with Crippen molar-refractivity contribution in [2.45, 2.75) is 27.7 Å². The van der Waals surface area contributed by atoms with Crippen LogP contribution in [0.3, 0.4) is 0 Å². The summed E-state index contributed by atoms with van der Waals surface area (Å²) in [5, 5.41) is 4.30. The molecule has 0 fully saturated rings. The number of nitrogens with zero attached hydrogens (tertiary/aromatic N) is 5. The van der Waals surface area contributed by atoms with Crippen molar-refractivity contribution < 1.29 is 0 Å². The maximum absolute atomic E-state index is 5.42. The zero-order chi connectivity index (χ0) is 12.6. The normalized spacial score (nSPS) is 10.6. The molecule has 7 heteroatoms. The molecule has 0 aromatic carbocycles. The van der Waals surface area contributed by atoms with Gasteiger partial charge in [-0.2, -0.15) is 4.68 Å². The second-order valence-corrected chi connectivity index (χ2v) is 3.83. The summed E-state index contributed by atoms with van der Waals surface area (Å²) in [5.74, 6) is 8.84. The van der Waals surface area contributed by atoms with Crippen molar-refractivity contribution in [2.24, 2.45) is 5.84 Å². The van der Waals surface area contributed by atoms with Gasteiger partial charge in [0.05, 0.1) is 0 Å². The fraction of sp³-hybridized carbons (Fsp3) is 0.400. The molecule has 2 aromatic rings. The van der Waals surface area contributed by atoms with Crippen LogP contribution in [0.4, 0.5) is 5.82 Å². The molecule has 0 aliphatic heterocycles. The van der Waals surface area contributed by atoms with E-state index in [1.807, 2.05) is 27.7 Å². The zero-order valence-corrected chi connectivity index (χ0v) is 10.3. The molecule has 3 N–H and O–H groups in total. The van der Waals surface area contributed by atoms with Crippen LogP contribution in [0.1, 0.15) is 23.0 Å². The predicted molar refractivity (Wildman–Crippen MR) is 63.7 cm³/mol. The maximum atomic E-state index is 5.42. The average molecular weight is 233 g/mol. The molecule has 2 aromatic heterocycles. The van der Waals surface area contributed by atoms with Crippen LogP contribution >= 0.6 is 0 Å². The molecule has 2 rings (SSSR count). The Hall–Kier alpha value is -2.02. The summed E-state index contributed by atoms with van der Waals surface area (Å²) in [6, 6.07) is 0. The topological polar surface area (TPSA) is 94.5 Å². The molecule has 7 nitrogen and oxygen atoms in total. The summed E-state index contributed by atoms with van der Waals surface area (Å²) >= 11 is 0. The number of rotatable bonds is 2. The van der Waals surface area contributed by atoms with E-state index in [0.717, 1.165) is 11.4 Å². The van der Waals surface area contributed by atoms with Crippen molar-refractivity contribution in [1.29, 1.82) is 0 Å². The summed E-state index contributed by atoms with van der Waals surface area (Å²) in [6.07, 6.45) is 0. The number of hydrazine groups is 1. The van der Waals surface area contributed by atoms with Crippen molar-refractivity contribution >= 4 is 5.82 Å². The quantitative estimate of drug-likeness (QED) is 0.582. The first-order valence-electron chi connectivity index (χ1n) is 5.25. The minimum atomic E-state index is 0.597. The van der Waals surface area contributed by atoms with Crippen LogP contribution in [0.15, 0.2) is 0 Å². The van der Waals surface area contributed by atoms with Gasteiger partial charge in [-0.1, -0.05) is 0 Å². The number of aromatic nitrogens is 5. The molecule has 0 aliphatic carbocycles. The maximum Gasteiger partial charge on any atom is 0.164 e. The lowest BCUT2D eigenvalue weighted by molar-refractivity contribution is 0.782. The van der Waals surface area contributed by atoms with Crippen molar-refractivity contribution in [3.63, 3.8) is 0 Å². The van der Waals surface area contributed by atoms with Crippen molar-refractivity contribution in [3.8, 4) is 5.82 Å². The van der Waals surface area contributed by atoms with Crippen molar-refractivity contribution in [3.05, 3.63) is 23.0 Å². The Kier molecular flexibility index (Phi) is 2.76. The molecule has 0 aliphatic rings. The Morgan fingerprint density at radius 1 is 1.00 bits per heavy atom. The van der Waals surface area contributed by atoms with Gasteiger partial charge in [0.15, 0.2) is 5.82 Å². The largest absolute Gasteiger partial charge is 0.308 e. The average Bonchev–Trinajstić information content (AvgIpc) is 2.60. The Labute approximate surface area is 99.1 Å². The second kappa shape index (κ2) is 4.10. The predicted octanol–water partition coefficient (Wildman–Crippen LogP) is 0.577. The monoisotopic (exact) mass is 233 g/mol. The van der Waals surface area contributed by atoms with E-state index < -0.39 is 0 Å². The highest BCUT2D eigenvalue weighted by molar-refractivity contribution is 5.50. The molecule has 0 amide bonds. The number of aryl methyl sites for hydroxylation is 3. The van der Waals surface area contributed by atoms with Crippen LogP contribution in [0, 0.1) is 27.7 Å². The summed E-state index contributed by atoms with van der Waals surface area (Å²) in [4.78, 5) is 12.8. The second-order valence-electron chi connectivity index (χ2n) is 3.83. The number of nitrogens with one attached hydrogen (secondary N) is 1. The fourth-order valence-corrected chi connectivity index (χ4v) is 1.68. The molecular weight excluding hydrogens is 218 g/mol. The Morgan fingerprint density at radius 2 is 1.71 bits per heavy atom. The highest BCUT2D eigenvalue weighted by Gasteiger charge is 2.13. The Morgan fingerprint density at radius 3 is 2.24 bits per heavy atom. The SMILES string of the molecule is Cc1nc(NN)c(C)c(-n2nc(C)nc2C)n1. The van der Waals surface area contributed by atoms with E-state index in [2.05, 4.69) is 25.5 Å². The lowest BCUT2D eigenvalue weighted by atomic mass is 10.3. The molecule has 2 heterocycles. The third-order valence-electron chi connectivity index (χ3n) is 2.44. The van der Waals surface area contributed by atoms with Crippen LogP contribution in [0.5, 0.6) is 0 Å². The highest BCUT2D eigenvalue weighted by atomic mass is 15.4. The molecule has 90 valence electrons. The van der Waals surface area contributed by atoms with Gasteiger partial charge in [0.1, 0.15) is 23.3 Å². The van der Waals surface area contributed by atoms with Gasteiger partial charge in [-0.3, -0.25) is 0 Å². The van der Waals surface area contributed by atoms with Gasteiger partial charge in [0, 0.05) is 5.56 Å². The summed E-state index contributed by atoms with van der Waals surface area (Å²) in [6.45, 7) is 7.42. The lowest BCUT2D eigenvalue weighted by Crippen LogP contribution is -2.15. The van der Waals surface area contributed by atoms with E-state index in [1.165, 1.54) is 0 Å². The van der Waals surface area contributed by atoms with Crippen LogP contribution in [0.25, 0.3) is 5.82 Å². The smallest absolute Gasteiger partial charge is 0.164 e. The van der Waals surface area contributed by atoms with Gasteiger partial charge >= 0.3 is 0 Å². The van der Waals surface area contributed by atoms with Crippen molar-refractivity contribution in [2.75, 3.05) is 5.43 Å². The molecule has 0 unspecified atom stereocenters. The Balaban J connectivity index is 2.66. The molecule has 0 saturated heterocycles. The number of hydrogen-bond acceptors (Lipinski definition) is 6. The third-order valence-corrected chi connectivity index (χ3v) is 2.44. The van der Waals surface area contributed by atoms with Gasteiger partial charge in [0.25, 0.3) is 0 Å². The first kappa shape index (κ1) is 11.5. The fourth-order valence-electron chi connectivity index (χ4n) is 1.68. The van der Waals surface area contributed by atoms with Crippen LogP contribution in [0.2, 0.25) is 0 Å². The summed E-state index contributed by atoms with van der Waals surface area (Å²) in [5.41, 5.74) is 3.40. The molecule has 0 bridgehead atoms. The lowest BCUT2D eigenvalue weighted by Gasteiger charge is -2.10. The van der Waals surface area contributed by atoms with E-state index in [0.29, 0.717) is 23.3 Å². The summed E-state index contributed by atoms with van der Waals surface area (Å²) in [7, 11) is 0. The van der Waals surface area contributed by atoms with E-state index in [-0.39, 0.29) is 0 Å². The highest BCUT2D eigenvalue weighted by Crippen LogP contribution is 2.18. The van der Waals surface area contributed by atoms with Gasteiger partial charge in [-0.05, 0) is 27.7 Å². The van der Waals surface area contributed by atoms with Gasteiger partial charge in [0.2, 0.25) is 0 Å². The molecular formula is C10H15N7. The first-order chi connectivity index (χ1) is 8.02. The number of anilines is 1. The number of nitrogen functional groups attached to an aromatic ring is 1. The third kappa shape index (κ3) is 1.96. The van der Waals surface area contributed by atoms with Gasteiger partial charge < -0.3 is 5.43 Å². The van der Waals surface area contributed by atoms with Crippen LogP contribution in [-0.4, -0.2) is 24.7 Å². The minimum Gasteiger partial charge on any atom is -0.308 e. The van der Waals surface area contributed by atoms with E-state index in [4.69, 9.17) is 5.84 Å². The molecule has 0 saturated carbocycles. The van der Waals surface area contributed by atoms with Gasteiger partial charge in [-0.25, -0.2) is 20.8 Å². The zero-order valence-electron chi connectivity index (χ0n) is 10.3. The van der Waals surface area contributed by atoms with E-state index in [9.17, 15) is 0 Å². The number of nitrogens with two attached hydrogens (primary N) is 1. The molecule has 0 spiro atoms. The van der Waals surface area contributed by atoms with E-state index >= 15 is 0 Å². The standard InChI is InChI=1S/C10H15N7/c1-5-9(15-11)13-6(2)14-10(5)17-8(4)12-7(3)16-17/h11H2,1-4H3,(H,13,14,15). The van der Waals surface area contributed by atoms with E-state index in [1.54, 1.807) is 4.68 Å². The number of hydrogen-bond donors (Lipinski definition) is 2. The molecule has 17 heavy (non-hydrogen) atoms. The minimum absolute atomic E-state index is 0.597.